The number of hydrogen-bond donors (Lipinski definition) is 0. The molecule has 146 heavy (non-hydrogen) atoms. The van der Waals surface area contributed by atoms with Crippen LogP contribution in [0.5, 0.6) is 0 Å². The topological polar surface area (TPSA) is 0 Å². The Hall–Kier alpha value is -9.66. The van der Waals surface area contributed by atoms with Gasteiger partial charge in [0.05, 0.1) is 79.4 Å². The van der Waals surface area contributed by atoms with Gasteiger partial charge in [-0.1, -0.05) is 429 Å². The maximum atomic E-state index is 7.46. The quantitative estimate of drug-likeness (QED) is 0.0355. The number of benzene rings is 22. The summed E-state index contributed by atoms with van der Waals surface area (Å²) in [6.45, 7) is 19.3. The molecule has 0 radical (unpaired) electrons. The molecule has 12 heteroatoms. The largest absolute Gasteiger partial charge is 1.00 e. The van der Waals surface area contributed by atoms with Gasteiger partial charge >= 0.3 is 134 Å². The SMILES string of the molecule is C[PH+](C)CC[PH+](C)C.C[PH+](C)CC[PH+](c1ccccc1)c1ccccc1.C[PH+](CC[PH+](C)c1ccccc1)c1ccccc1.[Au+].[Au+].[Au+].[Au+].[Au+].[Au+].[C-]#Cc1c2ccccc2cc2ccccc12.[C-]#Cc1c2ccccc2cc2ccccc12.[C-]#Cc1c2ccccc2cc2ccccc12.[C-]#Cc1c2ccccc2cc2ccccc12.[C-]#Cc1c2ccccc2cc2ccccc12.[C-]#Cc1c2ccccc2cc2ccccc12. The second kappa shape index (κ2) is 63.4. The molecule has 742 valence electrons. The van der Waals surface area contributed by atoms with Crippen LogP contribution < -0.4 is 21.2 Å². The summed E-state index contributed by atoms with van der Waals surface area (Å²) < 4.78 is 0. The fourth-order valence-corrected chi connectivity index (χ4v) is 31.8. The zero-order valence-corrected chi connectivity index (χ0v) is 102. The summed E-state index contributed by atoms with van der Waals surface area (Å²) >= 11 is 0. The minimum atomic E-state index is -0.569. The molecule has 2 atom stereocenters. The minimum Gasteiger partial charge on any atom is -0.366 e. The van der Waals surface area contributed by atoms with E-state index in [-0.39, 0.29) is 174 Å². The summed E-state index contributed by atoms with van der Waals surface area (Å²) in [5, 5.41) is 33.3. The molecule has 0 saturated heterocycles. The van der Waals surface area contributed by atoms with Crippen LogP contribution in [0, 0.1) is 74.1 Å². The second-order valence-corrected chi connectivity index (χ2v) is 52.2. The fourth-order valence-electron chi connectivity index (χ4n) is 17.6. The van der Waals surface area contributed by atoms with Crippen LogP contribution in [-0.2, 0) is 134 Å². The first kappa shape index (κ1) is 122. The van der Waals surface area contributed by atoms with Crippen LogP contribution in [0.15, 0.2) is 449 Å². The third-order valence-corrected chi connectivity index (χ3v) is 37.7. The molecule has 22 aromatic rings. The molecule has 22 rings (SSSR count). The summed E-state index contributed by atoms with van der Waals surface area (Å²) in [5.41, 5.74) is 5.30. The van der Waals surface area contributed by atoms with Crippen LogP contribution in [0.4, 0.5) is 0 Å². The Morgan fingerprint density at radius 1 is 0.151 bits per heavy atom. The molecule has 0 aliphatic carbocycles. The van der Waals surface area contributed by atoms with Gasteiger partial charge in [0, 0.05) is 55.8 Å². The van der Waals surface area contributed by atoms with Crippen molar-refractivity contribution in [3.8, 4) is 35.5 Å². The molecule has 0 aliphatic rings. The Labute approximate surface area is 967 Å². The average molecular weight is 3090 g/mol. The first-order valence-electron chi connectivity index (χ1n) is 47.7. The number of fused-ring (bicyclic) bond motifs is 12. The zero-order chi connectivity index (χ0) is 97.9. The summed E-state index contributed by atoms with van der Waals surface area (Å²) in [4.78, 5) is 0. The Bertz CT molecular complexity index is 6840. The molecule has 0 saturated carbocycles. The summed E-state index contributed by atoms with van der Waals surface area (Å²) in [5.74, 6) is 15.4. The Balaban J connectivity index is 0.000000200. The molecular weight excluding hydrogens is 2980 g/mol. The third-order valence-electron chi connectivity index (χ3n) is 25.0. The smallest absolute Gasteiger partial charge is 0.366 e. The van der Waals surface area contributed by atoms with Crippen molar-refractivity contribution in [1.82, 2.24) is 0 Å². The van der Waals surface area contributed by atoms with Gasteiger partial charge in [0.2, 0.25) is 0 Å². The van der Waals surface area contributed by atoms with Crippen molar-refractivity contribution in [2.45, 2.75) is 0 Å². The molecule has 0 aliphatic heterocycles. The average Bonchev–Trinajstić information content (AvgIpc) is 0.803. The van der Waals surface area contributed by atoms with Gasteiger partial charge in [0.15, 0.2) is 0 Å². The van der Waals surface area contributed by atoms with Crippen molar-refractivity contribution in [2.75, 3.05) is 90.3 Å². The normalized spacial score (nSPS) is 10.6. The molecule has 0 aromatic heterocycles. The van der Waals surface area contributed by atoms with E-state index in [0.29, 0.717) is 0 Å². The molecule has 0 fully saturated rings. The van der Waals surface area contributed by atoms with Gasteiger partial charge in [-0.05, 0) is 173 Å². The van der Waals surface area contributed by atoms with Crippen molar-refractivity contribution in [2.24, 2.45) is 0 Å². The van der Waals surface area contributed by atoms with E-state index in [1.165, 1.54) is 37.0 Å². The van der Waals surface area contributed by atoms with Gasteiger partial charge in [-0.3, -0.25) is 35.5 Å². The molecular formula is C134H116Au6P6+6. The molecule has 0 heterocycles. The van der Waals surface area contributed by atoms with Gasteiger partial charge in [-0.2, -0.15) is 0 Å². The molecule has 22 aromatic carbocycles. The van der Waals surface area contributed by atoms with Crippen molar-refractivity contribution < 1.29 is 134 Å². The monoisotopic (exact) mass is 3090 g/mol. The molecule has 0 amide bonds. The second-order valence-electron chi connectivity index (χ2n) is 35.5. The van der Waals surface area contributed by atoms with Gasteiger partial charge in [-0.25, -0.2) is 0 Å². The van der Waals surface area contributed by atoms with Crippen molar-refractivity contribution in [3.05, 3.63) is 521 Å². The van der Waals surface area contributed by atoms with Gasteiger partial charge < -0.3 is 38.5 Å². The predicted molar refractivity (Wildman–Crippen MR) is 637 cm³/mol. The van der Waals surface area contributed by atoms with E-state index < -0.39 is 7.92 Å². The van der Waals surface area contributed by atoms with Crippen molar-refractivity contribution in [1.29, 1.82) is 0 Å². The summed E-state index contributed by atoms with van der Waals surface area (Å²) in [6, 6.07) is 155. The standard InChI is InChI=1S/2C16H20P2.6C16H9.C6H16P2.6Au/c1-17(15-9-5-3-6-10-15)13-14-18(2)16-11-7-4-8-12-16;1-17(2)13-14-18(15-9-5-3-6-10-15)16-11-7-4-8-12-16;6*1-2-14-15-9-5-3-7-12(15)11-13-8-4-6-10-16(13)14;1-7(2)5-6-8(3)4;;;;;;/h2*3-12H,13-14H2,1-2H3;6*3-11H;5-6H2,1-4H3;;;;;;/q;;6*-1;;6*+1/p+6. The summed E-state index contributed by atoms with van der Waals surface area (Å²) in [6.07, 6.45) is 53.4. The van der Waals surface area contributed by atoms with E-state index in [2.05, 4.69) is 319 Å². The Morgan fingerprint density at radius 2 is 0.274 bits per heavy atom. The Kier molecular flexibility index (Phi) is 52.7. The minimum absolute atomic E-state index is 0. The van der Waals surface area contributed by atoms with E-state index in [1.807, 2.05) is 218 Å². The van der Waals surface area contributed by atoms with Crippen LogP contribution >= 0.6 is 47.5 Å². The maximum Gasteiger partial charge on any atom is 1.00 e. The first-order chi connectivity index (χ1) is 68.6. The van der Waals surface area contributed by atoms with E-state index in [0.717, 1.165) is 163 Å². The predicted octanol–water partition coefficient (Wildman–Crippen LogP) is 32.2. The number of hydrogen-bond acceptors (Lipinski definition) is 0. The van der Waals surface area contributed by atoms with Crippen LogP contribution in [0.25, 0.3) is 129 Å². The van der Waals surface area contributed by atoms with Gasteiger partial charge in [-0.15, -0.1) is 33.4 Å². The molecule has 0 nitrogen and oxygen atoms in total. The van der Waals surface area contributed by atoms with Crippen molar-refractivity contribution in [3.63, 3.8) is 0 Å². The zero-order valence-electron chi connectivity index (χ0n) is 82.8. The Morgan fingerprint density at radius 3 is 0.411 bits per heavy atom. The molecule has 0 bridgehead atoms. The van der Waals surface area contributed by atoms with Crippen LogP contribution in [0.3, 0.4) is 0 Å². The first-order valence-corrected chi connectivity index (χ1v) is 61.9. The van der Waals surface area contributed by atoms with Gasteiger partial charge in [0.25, 0.3) is 0 Å². The van der Waals surface area contributed by atoms with E-state index in [4.69, 9.17) is 38.5 Å². The van der Waals surface area contributed by atoms with E-state index >= 15 is 0 Å². The number of rotatable bonds is 13. The summed E-state index contributed by atoms with van der Waals surface area (Å²) in [7, 11) is -1.18. The van der Waals surface area contributed by atoms with E-state index in [9.17, 15) is 0 Å². The molecule has 2 unspecified atom stereocenters. The van der Waals surface area contributed by atoms with Crippen molar-refractivity contribution >= 4 is 198 Å². The van der Waals surface area contributed by atoms with Gasteiger partial charge in [0.1, 0.15) is 0 Å². The van der Waals surface area contributed by atoms with Crippen LogP contribution in [0.1, 0.15) is 33.4 Å². The van der Waals surface area contributed by atoms with Crippen LogP contribution in [0.2, 0.25) is 0 Å². The molecule has 0 N–H and O–H groups in total. The molecule has 0 spiro atoms. The van der Waals surface area contributed by atoms with Crippen LogP contribution in [-0.4, -0.2) is 90.3 Å². The maximum absolute atomic E-state index is 7.46. The van der Waals surface area contributed by atoms with E-state index in [1.54, 1.807) is 21.2 Å². The fraction of sp³-hybridized carbons (Fsp3) is 0.104. The third kappa shape index (κ3) is 32.9.